The second-order valence-electron chi connectivity index (χ2n) is 5.55. The van der Waals surface area contributed by atoms with Crippen molar-refractivity contribution in [1.82, 2.24) is 4.90 Å². The highest BCUT2D eigenvalue weighted by atomic mass is 32.2. The van der Waals surface area contributed by atoms with E-state index >= 15 is 0 Å². The lowest BCUT2D eigenvalue weighted by Crippen LogP contribution is -2.44. The van der Waals surface area contributed by atoms with Crippen LogP contribution in [0.2, 0.25) is 0 Å². The number of hydrogen-bond donors (Lipinski definition) is 1. The maximum atomic E-state index is 10.4. The molecule has 0 radical (unpaired) electrons. The maximum absolute atomic E-state index is 10.4. The lowest BCUT2D eigenvalue weighted by atomic mass is 10.1. The van der Waals surface area contributed by atoms with Crippen molar-refractivity contribution in [2.75, 3.05) is 13.1 Å². The van der Waals surface area contributed by atoms with Gasteiger partial charge in [-0.2, -0.15) is 0 Å². The summed E-state index contributed by atoms with van der Waals surface area (Å²) in [6.45, 7) is 2.75. The molecule has 3 heteroatoms. The molecular formula is C18H21NOS. The zero-order valence-corrected chi connectivity index (χ0v) is 12.9. The topological polar surface area (TPSA) is 23.5 Å². The monoisotopic (exact) mass is 299 g/mol. The van der Waals surface area contributed by atoms with E-state index in [0.29, 0.717) is 5.25 Å². The molecule has 1 aliphatic heterocycles. The molecule has 2 nitrogen and oxygen atoms in total. The molecule has 1 N–H and O–H groups in total. The molecule has 0 amide bonds. The van der Waals surface area contributed by atoms with Crippen LogP contribution < -0.4 is 0 Å². The Kier molecular flexibility index (Phi) is 4.96. The molecule has 1 fully saturated rings. The minimum absolute atomic E-state index is 0.257. The fraction of sp³-hybridized carbons (Fsp3) is 0.333. The van der Waals surface area contributed by atoms with Crippen LogP contribution in [0.4, 0.5) is 0 Å². The Balaban J connectivity index is 1.54. The molecule has 21 heavy (non-hydrogen) atoms. The molecule has 2 aromatic carbocycles. The van der Waals surface area contributed by atoms with Gasteiger partial charge in [0.2, 0.25) is 0 Å². The Bertz CT molecular complexity index is 546. The van der Waals surface area contributed by atoms with Gasteiger partial charge in [0.05, 0.1) is 6.10 Å². The Labute approximate surface area is 130 Å². The van der Waals surface area contributed by atoms with Crippen LogP contribution in [0.25, 0.3) is 0 Å². The van der Waals surface area contributed by atoms with Crippen LogP contribution in [0.5, 0.6) is 0 Å². The van der Waals surface area contributed by atoms with Crippen molar-refractivity contribution in [3.05, 3.63) is 66.2 Å². The molecule has 2 aromatic rings. The number of thioether (sulfide) groups is 1. The average Bonchev–Trinajstić information content (AvgIpc) is 2.52. The fourth-order valence-corrected chi connectivity index (χ4v) is 3.90. The van der Waals surface area contributed by atoms with Gasteiger partial charge in [0.25, 0.3) is 0 Å². The number of rotatable bonds is 4. The van der Waals surface area contributed by atoms with Crippen LogP contribution in [0.15, 0.2) is 65.6 Å². The van der Waals surface area contributed by atoms with E-state index < -0.39 is 0 Å². The van der Waals surface area contributed by atoms with E-state index in [2.05, 4.69) is 53.4 Å². The van der Waals surface area contributed by atoms with Gasteiger partial charge in [-0.1, -0.05) is 48.5 Å². The molecule has 0 spiro atoms. The van der Waals surface area contributed by atoms with Crippen LogP contribution in [-0.2, 0) is 6.54 Å². The van der Waals surface area contributed by atoms with Crippen molar-refractivity contribution < 1.29 is 5.11 Å². The molecule has 0 aromatic heterocycles. The third kappa shape index (κ3) is 4.10. The summed E-state index contributed by atoms with van der Waals surface area (Å²) in [5.41, 5.74) is 1.32. The van der Waals surface area contributed by atoms with E-state index in [1.54, 1.807) is 11.8 Å². The smallest absolute Gasteiger partial charge is 0.0789 e. The lowest BCUT2D eigenvalue weighted by molar-refractivity contribution is 0.0724. The lowest BCUT2D eigenvalue weighted by Gasteiger charge is -2.35. The third-order valence-corrected chi connectivity index (χ3v) is 5.28. The second-order valence-corrected chi connectivity index (χ2v) is 6.86. The first-order valence-electron chi connectivity index (χ1n) is 7.47. The fourth-order valence-electron chi connectivity index (χ4n) is 2.77. The summed E-state index contributed by atoms with van der Waals surface area (Å²) >= 11 is 1.80. The highest BCUT2D eigenvalue weighted by molar-refractivity contribution is 8.00. The Morgan fingerprint density at radius 1 is 1.00 bits per heavy atom. The Hall–Kier alpha value is -1.29. The van der Waals surface area contributed by atoms with Crippen LogP contribution in [0.1, 0.15) is 12.0 Å². The number of benzene rings is 2. The summed E-state index contributed by atoms with van der Waals surface area (Å²) in [7, 11) is 0. The average molecular weight is 299 g/mol. The van der Waals surface area contributed by atoms with Crippen LogP contribution in [-0.4, -0.2) is 34.4 Å². The standard InChI is InChI=1S/C18H21NOS/c20-17-14-19(13-15-7-3-1-4-8-15)12-11-18(17)21-16-9-5-2-6-10-16/h1-10,17-18,20H,11-14H2/t17-,18-/m0/s1. The van der Waals surface area contributed by atoms with Gasteiger partial charge in [-0.25, -0.2) is 0 Å². The third-order valence-electron chi connectivity index (χ3n) is 3.88. The first-order chi connectivity index (χ1) is 10.3. The van der Waals surface area contributed by atoms with Crippen LogP contribution in [0, 0.1) is 0 Å². The molecule has 0 aliphatic carbocycles. The van der Waals surface area contributed by atoms with E-state index in [-0.39, 0.29) is 6.10 Å². The number of hydrogen-bond acceptors (Lipinski definition) is 3. The molecular weight excluding hydrogens is 278 g/mol. The molecule has 1 heterocycles. The van der Waals surface area contributed by atoms with Gasteiger partial charge < -0.3 is 5.11 Å². The van der Waals surface area contributed by atoms with Gasteiger partial charge in [-0.3, -0.25) is 4.90 Å². The number of β-amino-alcohol motifs (C(OH)–C–C–N with tert-alkyl or cyclic N) is 1. The largest absolute Gasteiger partial charge is 0.391 e. The molecule has 1 aliphatic rings. The van der Waals surface area contributed by atoms with Crippen molar-refractivity contribution in [3.8, 4) is 0 Å². The zero-order chi connectivity index (χ0) is 14.5. The first kappa shape index (κ1) is 14.6. The number of nitrogens with zero attached hydrogens (tertiary/aromatic N) is 1. The summed E-state index contributed by atoms with van der Waals surface area (Å²) in [4.78, 5) is 3.60. The van der Waals surface area contributed by atoms with Gasteiger partial charge in [0.1, 0.15) is 0 Å². The molecule has 0 bridgehead atoms. The molecule has 2 atom stereocenters. The van der Waals surface area contributed by atoms with Crippen molar-refractivity contribution in [2.24, 2.45) is 0 Å². The van der Waals surface area contributed by atoms with Gasteiger partial charge >= 0.3 is 0 Å². The number of aliphatic hydroxyl groups excluding tert-OH is 1. The number of likely N-dealkylation sites (tertiary alicyclic amines) is 1. The molecule has 3 rings (SSSR count). The Morgan fingerprint density at radius 2 is 1.67 bits per heavy atom. The highest BCUT2D eigenvalue weighted by Gasteiger charge is 2.28. The normalized spacial score (nSPS) is 23.1. The predicted molar refractivity (Wildman–Crippen MR) is 88.4 cm³/mol. The van der Waals surface area contributed by atoms with Crippen molar-refractivity contribution in [2.45, 2.75) is 29.2 Å². The first-order valence-corrected chi connectivity index (χ1v) is 8.35. The summed E-state index contributed by atoms with van der Waals surface area (Å²) in [5.74, 6) is 0. The quantitative estimate of drug-likeness (QED) is 0.936. The highest BCUT2D eigenvalue weighted by Crippen LogP contribution is 2.30. The summed E-state index contributed by atoms with van der Waals surface area (Å²) < 4.78 is 0. The molecule has 110 valence electrons. The summed E-state index contributed by atoms with van der Waals surface area (Å²) in [5, 5.41) is 10.7. The summed E-state index contributed by atoms with van der Waals surface area (Å²) in [6.07, 6.45) is 0.778. The maximum Gasteiger partial charge on any atom is 0.0789 e. The van der Waals surface area contributed by atoms with E-state index in [1.165, 1.54) is 10.5 Å². The number of aliphatic hydroxyl groups is 1. The van der Waals surface area contributed by atoms with Crippen LogP contribution >= 0.6 is 11.8 Å². The molecule has 0 unspecified atom stereocenters. The Morgan fingerprint density at radius 3 is 2.33 bits per heavy atom. The van der Waals surface area contributed by atoms with E-state index in [1.807, 2.05) is 12.1 Å². The van der Waals surface area contributed by atoms with Crippen molar-refractivity contribution in [3.63, 3.8) is 0 Å². The predicted octanol–water partition coefficient (Wildman–Crippen LogP) is 3.41. The SMILES string of the molecule is O[C@H]1CN(Cc2ccccc2)CC[C@@H]1Sc1ccccc1. The van der Waals surface area contributed by atoms with Gasteiger partial charge in [0, 0.05) is 23.2 Å². The second kappa shape index (κ2) is 7.12. The minimum atomic E-state index is -0.257. The van der Waals surface area contributed by atoms with E-state index in [9.17, 15) is 5.11 Å². The van der Waals surface area contributed by atoms with E-state index in [4.69, 9.17) is 0 Å². The van der Waals surface area contributed by atoms with E-state index in [0.717, 1.165) is 26.1 Å². The molecule has 0 saturated carbocycles. The van der Waals surface area contributed by atoms with Gasteiger partial charge in [0.15, 0.2) is 0 Å². The number of piperidine rings is 1. The van der Waals surface area contributed by atoms with Gasteiger partial charge in [-0.05, 0) is 30.7 Å². The van der Waals surface area contributed by atoms with Gasteiger partial charge in [-0.15, -0.1) is 11.8 Å². The van der Waals surface area contributed by atoms with Crippen LogP contribution in [0.3, 0.4) is 0 Å². The minimum Gasteiger partial charge on any atom is -0.391 e. The van der Waals surface area contributed by atoms with Crippen molar-refractivity contribution in [1.29, 1.82) is 0 Å². The molecule has 1 saturated heterocycles. The summed E-state index contributed by atoms with van der Waals surface area (Å²) in [6, 6.07) is 20.9. The van der Waals surface area contributed by atoms with Crippen molar-refractivity contribution >= 4 is 11.8 Å². The zero-order valence-electron chi connectivity index (χ0n) is 12.1.